The van der Waals surface area contributed by atoms with Crippen molar-refractivity contribution in [1.29, 1.82) is 0 Å². The maximum Gasteiger partial charge on any atom is 0.141 e. The molecule has 1 aromatic rings. The van der Waals surface area contributed by atoms with Crippen LogP contribution in [0.1, 0.15) is 30.7 Å². The third-order valence-corrected chi connectivity index (χ3v) is 2.69. The SMILES string of the molecule is C=C(C)OC1CCc2c(Cl)ccnc21. The molecule has 2 rings (SSSR count). The molecule has 0 aliphatic heterocycles. The molecule has 1 heterocycles. The smallest absolute Gasteiger partial charge is 0.141 e. The second-order valence-electron chi connectivity index (χ2n) is 3.50. The van der Waals surface area contributed by atoms with Crippen LogP contribution in [0.2, 0.25) is 5.02 Å². The van der Waals surface area contributed by atoms with Crippen LogP contribution >= 0.6 is 11.6 Å². The summed E-state index contributed by atoms with van der Waals surface area (Å²) >= 11 is 6.05. The fraction of sp³-hybridized carbons (Fsp3) is 0.364. The van der Waals surface area contributed by atoms with Crippen LogP contribution in [0.25, 0.3) is 0 Å². The molecule has 0 N–H and O–H groups in total. The molecular formula is C11H12ClNO. The van der Waals surface area contributed by atoms with Gasteiger partial charge in [0.05, 0.1) is 11.5 Å². The van der Waals surface area contributed by atoms with Crippen molar-refractivity contribution in [2.24, 2.45) is 0 Å². The Morgan fingerprint density at radius 1 is 1.71 bits per heavy atom. The summed E-state index contributed by atoms with van der Waals surface area (Å²) in [7, 11) is 0. The number of halogens is 1. The lowest BCUT2D eigenvalue weighted by Gasteiger charge is -2.13. The molecule has 0 saturated heterocycles. The van der Waals surface area contributed by atoms with E-state index in [2.05, 4.69) is 11.6 Å². The van der Waals surface area contributed by atoms with Crippen LogP contribution in [0, 0.1) is 0 Å². The van der Waals surface area contributed by atoms with Gasteiger partial charge in [-0.2, -0.15) is 0 Å². The van der Waals surface area contributed by atoms with Crippen molar-refractivity contribution >= 4 is 11.6 Å². The number of hydrogen-bond acceptors (Lipinski definition) is 2. The Morgan fingerprint density at radius 2 is 2.50 bits per heavy atom. The molecular weight excluding hydrogens is 198 g/mol. The van der Waals surface area contributed by atoms with E-state index in [1.54, 1.807) is 6.20 Å². The standard InChI is InChI=1S/C11H12ClNO/c1-7(2)14-10-4-3-8-9(12)5-6-13-11(8)10/h5-6,10H,1,3-4H2,2H3. The first-order valence-electron chi connectivity index (χ1n) is 4.64. The average Bonchev–Trinajstić information content (AvgIpc) is 2.49. The van der Waals surface area contributed by atoms with Gasteiger partial charge in [-0.3, -0.25) is 4.98 Å². The first-order chi connectivity index (χ1) is 6.68. The highest BCUT2D eigenvalue weighted by Gasteiger charge is 2.26. The summed E-state index contributed by atoms with van der Waals surface area (Å²) in [6.45, 7) is 5.58. The van der Waals surface area contributed by atoms with Gasteiger partial charge < -0.3 is 4.74 Å². The van der Waals surface area contributed by atoms with Crippen LogP contribution in [-0.4, -0.2) is 4.98 Å². The molecule has 1 atom stereocenters. The van der Waals surface area contributed by atoms with Crippen LogP contribution in [0.3, 0.4) is 0 Å². The fourth-order valence-corrected chi connectivity index (χ4v) is 2.03. The van der Waals surface area contributed by atoms with E-state index in [9.17, 15) is 0 Å². The van der Waals surface area contributed by atoms with E-state index in [-0.39, 0.29) is 6.10 Å². The lowest BCUT2D eigenvalue weighted by atomic mass is 10.2. The predicted octanol–water partition coefficient (Wildman–Crippen LogP) is 3.27. The number of nitrogens with zero attached hydrogens (tertiary/aromatic N) is 1. The number of rotatable bonds is 2. The minimum atomic E-state index is 0.0428. The summed E-state index contributed by atoms with van der Waals surface area (Å²) < 4.78 is 5.58. The summed E-state index contributed by atoms with van der Waals surface area (Å²) in [6.07, 6.45) is 3.65. The van der Waals surface area contributed by atoms with E-state index in [0.29, 0.717) is 0 Å². The molecule has 0 fully saturated rings. The zero-order valence-electron chi connectivity index (χ0n) is 8.09. The van der Waals surface area contributed by atoms with Crippen molar-refractivity contribution < 1.29 is 4.74 Å². The molecule has 14 heavy (non-hydrogen) atoms. The van der Waals surface area contributed by atoms with E-state index < -0.39 is 0 Å². The Labute approximate surface area is 88.6 Å². The van der Waals surface area contributed by atoms with E-state index in [1.165, 1.54) is 0 Å². The maximum absolute atomic E-state index is 6.05. The Morgan fingerprint density at radius 3 is 3.21 bits per heavy atom. The van der Waals surface area contributed by atoms with Crippen LogP contribution in [0.15, 0.2) is 24.6 Å². The highest BCUT2D eigenvalue weighted by atomic mass is 35.5. The fourth-order valence-electron chi connectivity index (χ4n) is 1.78. The van der Waals surface area contributed by atoms with Gasteiger partial charge in [0.15, 0.2) is 0 Å². The first kappa shape index (κ1) is 9.53. The second kappa shape index (κ2) is 3.62. The van der Waals surface area contributed by atoms with Crippen molar-refractivity contribution in [2.75, 3.05) is 0 Å². The Hall–Kier alpha value is -1.02. The first-order valence-corrected chi connectivity index (χ1v) is 5.01. The van der Waals surface area contributed by atoms with Crippen LogP contribution in [0.4, 0.5) is 0 Å². The number of ether oxygens (including phenoxy) is 1. The van der Waals surface area contributed by atoms with E-state index in [1.807, 2.05) is 13.0 Å². The molecule has 1 aliphatic carbocycles. The molecule has 0 radical (unpaired) electrons. The lowest BCUT2D eigenvalue weighted by molar-refractivity contribution is 0.117. The molecule has 1 aromatic heterocycles. The Balaban J connectivity index is 2.30. The van der Waals surface area contributed by atoms with Crippen molar-refractivity contribution in [2.45, 2.75) is 25.9 Å². The Kier molecular flexibility index (Phi) is 2.46. The van der Waals surface area contributed by atoms with Crippen molar-refractivity contribution in [3.05, 3.63) is 40.9 Å². The van der Waals surface area contributed by atoms with Gasteiger partial charge in [-0.25, -0.2) is 0 Å². The van der Waals surface area contributed by atoms with Gasteiger partial charge in [0.1, 0.15) is 6.10 Å². The molecule has 74 valence electrons. The van der Waals surface area contributed by atoms with E-state index >= 15 is 0 Å². The third-order valence-electron chi connectivity index (χ3n) is 2.34. The molecule has 2 nitrogen and oxygen atoms in total. The normalized spacial score (nSPS) is 19.1. The van der Waals surface area contributed by atoms with Crippen molar-refractivity contribution in [3.8, 4) is 0 Å². The van der Waals surface area contributed by atoms with Gasteiger partial charge in [0.25, 0.3) is 0 Å². The molecule has 0 saturated carbocycles. The quantitative estimate of drug-likeness (QED) is 0.698. The number of fused-ring (bicyclic) bond motifs is 1. The second-order valence-corrected chi connectivity index (χ2v) is 3.91. The van der Waals surface area contributed by atoms with Gasteiger partial charge >= 0.3 is 0 Å². The summed E-state index contributed by atoms with van der Waals surface area (Å²) in [5, 5.41) is 0.794. The minimum Gasteiger partial charge on any atom is -0.489 e. The molecule has 1 aliphatic rings. The maximum atomic E-state index is 6.05. The predicted molar refractivity (Wildman–Crippen MR) is 56.2 cm³/mol. The summed E-state index contributed by atoms with van der Waals surface area (Å²) in [5.74, 6) is 0.727. The summed E-state index contributed by atoms with van der Waals surface area (Å²) in [4.78, 5) is 4.30. The lowest BCUT2D eigenvalue weighted by Crippen LogP contribution is -2.00. The van der Waals surface area contributed by atoms with Crippen LogP contribution in [-0.2, 0) is 11.2 Å². The molecule has 0 bridgehead atoms. The van der Waals surface area contributed by atoms with Gasteiger partial charge in [0.2, 0.25) is 0 Å². The Bertz CT molecular complexity index is 376. The number of pyridine rings is 1. The molecule has 1 unspecified atom stereocenters. The third kappa shape index (κ3) is 1.62. The highest BCUT2D eigenvalue weighted by Crippen LogP contribution is 2.36. The van der Waals surface area contributed by atoms with Crippen molar-refractivity contribution in [3.63, 3.8) is 0 Å². The van der Waals surface area contributed by atoms with Gasteiger partial charge in [-0.05, 0) is 31.4 Å². The molecule has 3 heteroatoms. The van der Waals surface area contributed by atoms with E-state index in [4.69, 9.17) is 16.3 Å². The minimum absolute atomic E-state index is 0.0428. The molecule has 0 aromatic carbocycles. The van der Waals surface area contributed by atoms with Gasteiger partial charge in [-0.15, -0.1) is 0 Å². The topological polar surface area (TPSA) is 22.1 Å². The molecule has 0 spiro atoms. The van der Waals surface area contributed by atoms with Crippen LogP contribution in [0.5, 0.6) is 0 Å². The van der Waals surface area contributed by atoms with Crippen LogP contribution < -0.4 is 0 Å². The highest BCUT2D eigenvalue weighted by molar-refractivity contribution is 6.31. The van der Waals surface area contributed by atoms with Gasteiger partial charge in [0, 0.05) is 11.2 Å². The van der Waals surface area contributed by atoms with E-state index in [0.717, 1.165) is 34.9 Å². The number of aromatic nitrogens is 1. The monoisotopic (exact) mass is 209 g/mol. The zero-order valence-corrected chi connectivity index (χ0v) is 8.84. The largest absolute Gasteiger partial charge is 0.489 e. The number of hydrogen-bond donors (Lipinski definition) is 0. The zero-order chi connectivity index (χ0) is 10.1. The summed E-state index contributed by atoms with van der Waals surface area (Å²) in [6, 6.07) is 1.82. The van der Waals surface area contributed by atoms with Gasteiger partial charge in [-0.1, -0.05) is 18.2 Å². The molecule has 0 amide bonds. The summed E-state index contributed by atoms with van der Waals surface area (Å²) in [5.41, 5.74) is 2.10. The average molecular weight is 210 g/mol. The number of allylic oxidation sites excluding steroid dienone is 1. The van der Waals surface area contributed by atoms with Crippen molar-refractivity contribution in [1.82, 2.24) is 4.98 Å².